The Hall–Kier alpha value is -2.38. The van der Waals surface area contributed by atoms with Gasteiger partial charge in [0, 0.05) is 24.7 Å². The van der Waals surface area contributed by atoms with Crippen molar-refractivity contribution in [3.05, 3.63) is 46.7 Å². The molecule has 0 bridgehead atoms. The average Bonchev–Trinajstić information content (AvgIpc) is 3.24. The summed E-state index contributed by atoms with van der Waals surface area (Å²) in [5, 5.41) is 14.1. The lowest BCUT2D eigenvalue weighted by Crippen LogP contribution is -2.37. The SMILES string of the molecule is CCc1c(C(=O)N2CC(OC)CC2CC(=O)O)cnn1-c1cccc(Cl)c1. The second kappa shape index (κ2) is 8.10. The van der Waals surface area contributed by atoms with Crippen LogP contribution in [0.15, 0.2) is 30.5 Å². The summed E-state index contributed by atoms with van der Waals surface area (Å²) in [6.45, 7) is 2.32. The first-order valence-electron chi connectivity index (χ1n) is 8.83. The van der Waals surface area contributed by atoms with Crippen LogP contribution in [-0.4, -0.2) is 57.5 Å². The van der Waals surface area contributed by atoms with Crippen LogP contribution in [0.25, 0.3) is 5.69 Å². The van der Waals surface area contributed by atoms with Crippen LogP contribution in [0, 0.1) is 0 Å². The number of aromatic nitrogens is 2. The van der Waals surface area contributed by atoms with Crippen LogP contribution < -0.4 is 0 Å². The van der Waals surface area contributed by atoms with Crippen LogP contribution >= 0.6 is 11.6 Å². The highest BCUT2D eigenvalue weighted by atomic mass is 35.5. The molecule has 2 unspecified atom stereocenters. The van der Waals surface area contributed by atoms with Gasteiger partial charge in [-0.05, 0) is 31.0 Å². The van der Waals surface area contributed by atoms with Crippen LogP contribution in [0.1, 0.15) is 35.8 Å². The lowest BCUT2D eigenvalue weighted by atomic mass is 10.1. The van der Waals surface area contributed by atoms with Crippen molar-refractivity contribution in [2.24, 2.45) is 0 Å². The Kier molecular flexibility index (Phi) is 5.82. The Morgan fingerprint density at radius 2 is 2.19 bits per heavy atom. The molecule has 1 N–H and O–H groups in total. The van der Waals surface area contributed by atoms with Crippen LogP contribution in [0.2, 0.25) is 5.02 Å². The summed E-state index contributed by atoms with van der Waals surface area (Å²) in [5.74, 6) is -1.15. The fraction of sp³-hybridized carbons (Fsp3) is 0.421. The fourth-order valence-electron chi connectivity index (χ4n) is 3.57. The number of benzene rings is 1. The number of rotatable bonds is 6. The average molecular weight is 392 g/mol. The van der Waals surface area contributed by atoms with Gasteiger partial charge in [-0.15, -0.1) is 0 Å². The molecule has 27 heavy (non-hydrogen) atoms. The number of likely N-dealkylation sites (tertiary alicyclic amines) is 1. The van der Waals surface area contributed by atoms with Gasteiger partial charge in [0.25, 0.3) is 5.91 Å². The summed E-state index contributed by atoms with van der Waals surface area (Å²) in [4.78, 5) is 26.0. The second-order valence-electron chi connectivity index (χ2n) is 6.55. The monoisotopic (exact) mass is 391 g/mol. The normalized spacial score (nSPS) is 19.4. The standard InChI is InChI=1S/C19H22ClN3O4/c1-3-17-16(10-21-23(17)13-6-4-5-12(20)7-13)19(26)22-11-15(27-2)8-14(22)9-18(24)25/h4-7,10,14-15H,3,8-9,11H2,1-2H3,(H,24,25). The van der Waals surface area contributed by atoms with Gasteiger partial charge in [-0.2, -0.15) is 5.10 Å². The van der Waals surface area contributed by atoms with E-state index in [1.807, 2.05) is 19.1 Å². The topological polar surface area (TPSA) is 84.7 Å². The van der Waals surface area contributed by atoms with E-state index in [0.717, 1.165) is 11.4 Å². The Morgan fingerprint density at radius 1 is 1.41 bits per heavy atom. The minimum atomic E-state index is -0.931. The third kappa shape index (κ3) is 3.99. The third-order valence-electron chi connectivity index (χ3n) is 4.87. The van der Waals surface area contributed by atoms with Crippen molar-refractivity contribution in [1.29, 1.82) is 0 Å². The van der Waals surface area contributed by atoms with E-state index in [4.69, 9.17) is 16.3 Å². The largest absolute Gasteiger partial charge is 0.481 e. The van der Waals surface area contributed by atoms with Crippen LogP contribution in [0.3, 0.4) is 0 Å². The first-order valence-corrected chi connectivity index (χ1v) is 9.20. The number of carbonyl (C=O) groups excluding carboxylic acids is 1. The molecule has 7 nitrogen and oxygen atoms in total. The van der Waals surface area contributed by atoms with Crippen molar-refractivity contribution in [2.75, 3.05) is 13.7 Å². The van der Waals surface area contributed by atoms with Gasteiger partial charge < -0.3 is 14.7 Å². The van der Waals surface area contributed by atoms with E-state index < -0.39 is 5.97 Å². The van der Waals surface area contributed by atoms with Gasteiger partial charge in [0.1, 0.15) is 0 Å². The van der Waals surface area contributed by atoms with Crippen molar-refractivity contribution in [2.45, 2.75) is 38.3 Å². The summed E-state index contributed by atoms with van der Waals surface area (Å²) >= 11 is 6.08. The zero-order valence-electron chi connectivity index (χ0n) is 15.3. The Labute approximate surface area is 162 Å². The van der Waals surface area contributed by atoms with Crippen molar-refractivity contribution < 1.29 is 19.4 Å². The van der Waals surface area contributed by atoms with Gasteiger partial charge in [-0.25, -0.2) is 4.68 Å². The van der Waals surface area contributed by atoms with Crippen molar-refractivity contribution in [3.8, 4) is 5.69 Å². The predicted octanol–water partition coefficient (Wildman–Crippen LogP) is 2.79. The number of carboxylic acid groups (broad SMARTS) is 1. The Morgan fingerprint density at radius 3 is 2.81 bits per heavy atom. The van der Waals surface area contributed by atoms with Gasteiger partial charge >= 0.3 is 5.97 Å². The molecule has 2 heterocycles. The summed E-state index contributed by atoms with van der Waals surface area (Å²) in [6.07, 6.45) is 2.39. The van der Waals surface area contributed by atoms with Gasteiger partial charge in [0.2, 0.25) is 0 Å². The minimum Gasteiger partial charge on any atom is -0.481 e. The van der Waals surface area contributed by atoms with Crippen molar-refractivity contribution in [3.63, 3.8) is 0 Å². The molecule has 8 heteroatoms. The maximum absolute atomic E-state index is 13.2. The number of methoxy groups -OCH3 is 1. The summed E-state index contributed by atoms with van der Waals surface area (Å²) < 4.78 is 7.06. The van der Waals surface area contributed by atoms with Crippen molar-refractivity contribution >= 4 is 23.5 Å². The van der Waals surface area contributed by atoms with E-state index in [-0.39, 0.29) is 24.5 Å². The summed E-state index contributed by atoms with van der Waals surface area (Å²) in [7, 11) is 1.57. The number of aliphatic carboxylic acids is 1. The first-order chi connectivity index (χ1) is 12.9. The van der Waals surface area contributed by atoms with E-state index in [9.17, 15) is 14.7 Å². The molecule has 0 radical (unpaired) electrons. The number of ether oxygens (including phenoxy) is 1. The molecule has 0 saturated carbocycles. The molecule has 1 aliphatic heterocycles. The van der Waals surface area contributed by atoms with Crippen LogP contribution in [0.4, 0.5) is 0 Å². The summed E-state index contributed by atoms with van der Waals surface area (Å²) in [6, 6.07) is 6.87. The number of hydrogen-bond acceptors (Lipinski definition) is 4. The minimum absolute atomic E-state index is 0.102. The molecule has 1 aliphatic rings. The maximum atomic E-state index is 13.2. The molecule has 3 rings (SSSR count). The van der Waals surface area contributed by atoms with Gasteiger partial charge in [0.15, 0.2) is 0 Å². The molecule has 0 spiro atoms. The van der Waals surface area contributed by atoms with Gasteiger partial charge in [-0.3, -0.25) is 9.59 Å². The molecule has 1 amide bonds. The number of carboxylic acids is 1. The lowest BCUT2D eigenvalue weighted by molar-refractivity contribution is -0.137. The van der Waals surface area contributed by atoms with E-state index >= 15 is 0 Å². The molecule has 1 aromatic heterocycles. The molecular formula is C19H22ClN3O4. The van der Waals surface area contributed by atoms with E-state index in [0.29, 0.717) is 30.0 Å². The number of halogens is 1. The lowest BCUT2D eigenvalue weighted by Gasteiger charge is -2.23. The highest BCUT2D eigenvalue weighted by Gasteiger charge is 2.38. The number of carbonyl (C=O) groups is 2. The van der Waals surface area contributed by atoms with E-state index in [2.05, 4.69) is 5.10 Å². The Bertz CT molecular complexity index is 851. The zero-order chi connectivity index (χ0) is 19.6. The Balaban J connectivity index is 1.93. The molecule has 0 aliphatic carbocycles. The molecule has 2 atom stereocenters. The van der Waals surface area contributed by atoms with Gasteiger partial charge in [0.05, 0.1) is 35.7 Å². The van der Waals surface area contributed by atoms with Crippen LogP contribution in [0.5, 0.6) is 0 Å². The molecule has 1 aromatic carbocycles. The first kappa shape index (κ1) is 19.4. The molecule has 1 saturated heterocycles. The van der Waals surface area contributed by atoms with Crippen LogP contribution in [-0.2, 0) is 16.0 Å². The highest BCUT2D eigenvalue weighted by Crippen LogP contribution is 2.27. The molecule has 144 valence electrons. The molecule has 2 aromatic rings. The number of amides is 1. The molecular weight excluding hydrogens is 370 g/mol. The maximum Gasteiger partial charge on any atom is 0.305 e. The third-order valence-corrected chi connectivity index (χ3v) is 5.10. The zero-order valence-corrected chi connectivity index (χ0v) is 16.0. The quantitative estimate of drug-likeness (QED) is 0.818. The highest BCUT2D eigenvalue weighted by molar-refractivity contribution is 6.30. The van der Waals surface area contributed by atoms with E-state index in [1.54, 1.807) is 35.0 Å². The smallest absolute Gasteiger partial charge is 0.305 e. The molecule has 1 fully saturated rings. The number of hydrogen-bond donors (Lipinski definition) is 1. The predicted molar refractivity (Wildman–Crippen MR) is 100 cm³/mol. The van der Waals surface area contributed by atoms with E-state index in [1.165, 1.54) is 0 Å². The van der Waals surface area contributed by atoms with Crippen molar-refractivity contribution in [1.82, 2.24) is 14.7 Å². The fourth-order valence-corrected chi connectivity index (χ4v) is 3.75. The number of nitrogens with zero attached hydrogens (tertiary/aromatic N) is 3. The van der Waals surface area contributed by atoms with Gasteiger partial charge in [-0.1, -0.05) is 24.6 Å². The second-order valence-corrected chi connectivity index (χ2v) is 6.99. The summed E-state index contributed by atoms with van der Waals surface area (Å²) in [5.41, 5.74) is 2.01.